The van der Waals surface area contributed by atoms with Crippen molar-refractivity contribution >= 4 is 11.6 Å². The van der Waals surface area contributed by atoms with Crippen LogP contribution in [0.4, 0.5) is 8.78 Å². The van der Waals surface area contributed by atoms with Gasteiger partial charge in [-0.15, -0.1) is 0 Å². The van der Waals surface area contributed by atoms with E-state index in [4.69, 9.17) is 16.0 Å². The molecule has 0 aliphatic carbocycles. The van der Waals surface area contributed by atoms with Gasteiger partial charge in [-0.3, -0.25) is 0 Å². The van der Waals surface area contributed by atoms with Crippen molar-refractivity contribution in [2.45, 2.75) is 20.0 Å². The molecule has 2 rings (SSSR count). The van der Waals surface area contributed by atoms with Crippen LogP contribution in [-0.2, 0) is 0 Å². The molecule has 1 heterocycles. The third-order valence-electron chi connectivity index (χ3n) is 2.71. The lowest BCUT2D eigenvalue weighted by atomic mass is 10.0. The first-order valence-electron chi connectivity index (χ1n) is 5.29. The van der Waals surface area contributed by atoms with Crippen molar-refractivity contribution in [3.8, 4) is 0 Å². The number of furan rings is 1. The number of halogens is 3. The van der Waals surface area contributed by atoms with Gasteiger partial charge in [-0.2, -0.15) is 0 Å². The molecule has 0 aliphatic rings. The van der Waals surface area contributed by atoms with Gasteiger partial charge in [0.05, 0.1) is 0 Å². The Bertz CT molecular complexity index is 593. The van der Waals surface area contributed by atoms with Crippen LogP contribution in [0.1, 0.15) is 28.8 Å². The number of aliphatic hydroxyl groups excluding tert-OH is 1. The van der Waals surface area contributed by atoms with Crippen LogP contribution in [0.5, 0.6) is 0 Å². The first kappa shape index (κ1) is 13.1. The summed E-state index contributed by atoms with van der Waals surface area (Å²) in [7, 11) is 0. The van der Waals surface area contributed by atoms with Crippen molar-refractivity contribution in [1.29, 1.82) is 0 Å². The summed E-state index contributed by atoms with van der Waals surface area (Å²) >= 11 is 5.81. The van der Waals surface area contributed by atoms with E-state index in [0.29, 0.717) is 17.1 Å². The Morgan fingerprint density at radius 2 is 1.72 bits per heavy atom. The number of aliphatic hydroxyl groups is 1. The second-order valence-electron chi connectivity index (χ2n) is 4.06. The van der Waals surface area contributed by atoms with Crippen LogP contribution in [0, 0.1) is 25.5 Å². The van der Waals surface area contributed by atoms with Crippen LogP contribution in [-0.4, -0.2) is 5.11 Å². The number of benzene rings is 1. The molecule has 18 heavy (non-hydrogen) atoms. The molecule has 0 amide bonds. The molecular formula is C13H11ClF2O2. The molecule has 2 nitrogen and oxygen atoms in total. The minimum absolute atomic E-state index is 0.0281. The van der Waals surface area contributed by atoms with Crippen LogP contribution < -0.4 is 0 Å². The Balaban J connectivity index is 2.49. The van der Waals surface area contributed by atoms with Crippen LogP contribution in [0.25, 0.3) is 0 Å². The second-order valence-corrected chi connectivity index (χ2v) is 4.47. The molecule has 1 unspecified atom stereocenters. The van der Waals surface area contributed by atoms with Gasteiger partial charge in [0.25, 0.3) is 0 Å². The van der Waals surface area contributed by atoms with E-state index in [1.54, 1.807) is 19.9 Å². The van der Waals surface area contributed by atoms with Gasteiger partial charge in [0, 0.05) is 16.1 Å². The van der Waals surface area contributed by atoms with Gasteiger partial charge in [0.15, 0.2) is 11.6 Å². The van der Waals surface area contributed by atoms with Gasteiger partial charge in [-0.05, 0) is 32.0 Å². The van der Waals surface area contributed by atoms with E-state index in [2.05, 4.69) is 0 Å². The molecule has 0 saturated heterocycles. The average Bonchev–Trinajstić information content (AvgIpc) is 2.62. The SMILES string of the molecule is Cc1cc(C(O)c2cc(F)c(F)cc2Cl)c(C)o1. The summed E-state index contributed by atoms with van der Waals surface area (Å²) < 4.78 is 31.4. The monoisotopic (exact) mass is 272 g/mol. The van der Waals surface area contributed by atoms with Crippen molar-refractivity contribution in [1.82, 2.24) is 0 Å². The molecule has 0 bridgehead atoms. The number of hydrogen-bond donors (Lipinski definition) is 1. The average molecular weight is 273 g/mol. The lowest BCUT2D eigenvalue weighted by molar-refractivity contribution is 0.217. The van der Waals surface area contributed by atoms with E-state index in [1.165, 1.54) is 0 Å². The summed E-state index contributed by atoms with van der Waals surface area (Å²) in [5.41, 5.74) is 0.597. The van der Waals surface area contributed by atoms with Gasteiger partial charge < -0.3 is 9.52 Å². The third kappa shape index (κ3) is 2.26. The fourth-order valence-corrected chi connectivity index (χ4v) is 2.09. The largest absolute Gasteiger partial charge is 0.466 e. The maximum Gasteiger partial charge on any atom is 0.160 e. The highest BCUT2D eigenvalue weighted by molar-refractivity contribution is 6.31. The standard InChI is InChI=1S/C13H11ClF2O2/c1-6-3-8(7(2)18-6)13(17)9-4-11(15)12(16)5-10(9)14/h3-5,13,17H,1-2H3. The molecule has 1 atom stereocenters. The minimum atomic E-state index is -1.15. The van der Waals surface area contributed by atoms with E-state index in [-0.39, 0.29) is 10.6 Å². The van der Waals surface area contributed by atoms with E-state index < -0.39 is 17.7 Å². The van der Waals surface area contributed by atoms with Gasteiger partial charge >= 0.3 is 0 Å². The molecule has 1 aromatic carbocycles. The zero-order valence-electron chi connectivity index (χ0n) is 9.80. The van der Waals surface area contributed by atoms with Gasteiger partial charge in [0.2, 0.25) is 0 Å². The highest BCUT2D eigenvalue weighted by atomic mass is 35.5. The van der Waals surface area contributed by atoms with Crippen molar-refractivity contribution in [2.75, 3.05) is 0 Å². The normalized spacial score (nSPS) is 12.8. The topological polar surface area (TPSA) is 33.4 Å². The second kappa shape index (κ2) is 4.71. The Labute approximate surface area is 108 Å². The fourth-order valence-electron chi connectivity index (χ4n) is 1.84. The quantitative estimate of drug-likeness (QED) is 0.841. The first-order valence-corrected chi connectivity index (χ1v) is 5.67. The Morgan fingerprint density at radius 1 is 1.11 bits per heavy atom. The molecule has 0 radical (unpaired) electrons. The molecule has 0 fully saturated rings. The van der Waals surface area contributed by atoms with Gasteiger partial charge in [-0.1, -0.05) is 11.6 Å². The Hall–Kier alpha value is -1.39. The molecule has 2 aromatic rings. The molecule has 0 aliphatic heterocycles. The highest BCUT2D eigenvalue weighted by Crippen LogP contribution is 2.32. The molecule has 0 saturated carbocycles. The third-order valence-corrected chi connectivity index (χ3v) is 3.04. The molecular weight excluding hydrogens is 262 g/mol. The number of hydrogen-bond acceptors (Lipinski definition) is 2. The molecule has 0 spiro atoms. The predicted molar refractivity (Wildman–Crippen MR) is 63.6 cm³/mol. The lowest BCUT2D eigenvalue weighted by Crippen LogP contribution is -2.02. The molecule has 1 aromatic heterocycles. The summed E-state index contributed by atoms with van der Waals surface area (Å²) in [5.74, 6) is -0.955. The molecule has 5 heteroatoms. The number of aryl methyl sites for hydroxylation is 2. The van der Waals surface area contributed by atoms with E-state index in [0.717, 1.165) is 12.1 Å². The van der Waals surface area contributed by atoms with E-state index >= 15 is 0 Å². The van der Waals surface area contributed by atoms with E-state index in [1.807, 2.05) is 0 Å². The number of rotatable bonds is 2. The Kier molecular flexibility index (Phi) is 3.41. The maximum atomic E-state index is 13.2. The molecule has 96 valence electrons. The highest BCUT2D eigenvalue weighted by Gasteiger charge is 2.21. The fraction of sp³-hybridized carbons (Fsp3) is 0.231. The summed E-state index contributed by atoms with van der Waals surface area (Å²) in [4.78, 5) is 0. The van der Waals surface area contributed by atoms with Crippen molar-refractivity contribution in [3.63, 3.8) is 0 Å². The van der Waals surface area contributed by atoms with Crippen LogP contribution >= 0.6 is 11.6 Å². The Morgan fingerprint density at radius 3 is 2.28 bits per heavy atom. The van der Waals surface area contributed by atoms with Crippen LogP contribution in [0.3, 0.4) is 0 Å². The summed E-state index contributed by atoms with van der Waals surface area (Å²) in [6.45, 7) is 3.41. The zero-order chi connectivity index (χ0) is 13.4. The summed E-state index contributed by atoms with van der Waals surface area (Å²) in [6.07, 6.45) is -1.15. The summed E-state index contributed by atoms with van der Waals surface area (Å²) in [6, 6.07) is 3.37. The van der Waals surface area contributed by atoms with Gasteiger partial charge in [-0.25, -0.2) is 8.78 Å². The van der Waals surface area contributed by atoms with E-state index in [9.17, 15) is 13.9 Å². The van der Waals surface area contributed by atoms with Gasteiger partial charge in [0.1, 0.15) is 17.6 Å². The maximum absolute atomic E-state index is 13.2. The predicted octanol–water partition coefficient (Wildman–Crippen LogP) is 3.91. The van der Waals surface area contributed by atoms with Crippen molar-refractivity contribution < 1.29 is 18.3 Å². The first-order chi connectivity index (χ1) is 8.40. The summed E-state index contributed by atoms with van der Waals surface area (Å²) in [5, 5.41) is 10.1. The zero-order valence-corrected chi connectivity index (χ0v) is 10.6. The van der Waals surface area contributed by atoms with Crippen molar-refractivity contribution in [2.24, 2.45) is 0 Å². The lowest BCUT2D eigenvalue weighted by Gasteiger charge is -2.12. The minimum Gasteiger partial charge on any atom is -0.466 e. The van der Waals surface area contributed by atoms with Crippen LogP contribution in [0.2, 0.25) is 5.02 Å². The van der Waals surface area contributed by atoms with Crippen LogP contribution in [0.15, 0.2) is 22.6 Å². The smallest absolute Gasteiger partial charge is 0.160 e. The molecule has 1 N–H and O–H groups in total. The van der Waals surface area contributed by atoms with Crippen molar-refractivity contribution in [3.05, 3.63) is 57.5 Å².